The fraction of sp³-hybridized carbons (Fsp3) is 0.417. The number of benzene rings is 1. The van der Waals surface area contributed by atoms with Gasteiger partial charge in [-0.2, -0.15) is 0 Å². The first-order valence-electron chi connectivity index (χ1n) is 5.07. The second kappa shape index (κ2) is 4.23. The molecule has 0 spiro atoms. The van der Waals surface area contributed by atoms with Crippen LogP contribution in [0.15, 0.2) is 24.3 Å². The lowest BCUT2D eigenvalue weighted by Gasteiger charge is -2.28. The number of hydrogen-bond donors (Lipinski definition) is 0. The summed E-state index contributed by atoms with van der Waals surface area (Å²) >= 11 is 6.28. The summed E-state index contributed by atoms with van der Waals surface area (Å²) in [4.78, 5) is 10.9. The molecule has 3 heteroatoms. The smallest absolute Gasteiger partial charge is 0.302 e. The van der Waals surface area contributed by atoms with Gasteiger partial charge in [0.05, 0.1) is 5.38 Å². The lowest BCUT2D eigenvalue weighted by atomic mass is 9.89. The minimum atomic E-state index is -0.259. The Balaban J connectivity index is 2.22. The fourth-order valence-electron chi connectivity index (χ4n) is 2.01. The maximum absolute atomic E-state index is 10.9. The summed E-state index contributed by atoms with van der Waals surface area (Å²) in [7, 11) is 0. The van der Waals surface area contributed by atoms with E-state index in [0.717, 1.165) is 18.4 Å². The van der Waals surface area contributed by atoms with Crippen LogP contribution in [-0.2, 0) is 16.0 Å². The Labute approximate surface area is 94.2 Å². The molecule has 0 aliphatic heterocycles. The third-order valence-electron chi connectivity index (χ3n) is 2.69. The van der Waals surface area contributed by atoms with Gasteiger partial charge in [-0.05, 0) is 24.0 Å². The Morgan fingerprint density at radius 2 is 2.20 bits per heavy atom. The van der Waals surface area contributed by atoms with Crippen LogP contribution in [0.2, 0.25) is 0 Å². The molecule has 0 N–H and O–H groups in total. The van der Waals surface area contributed by atoms with E-state index in [9.17, 15) is 4.79 Å². The number of carbonyl (C=O) groups excluding carboxylic acids is 1. The van der Waals surface area contributed by atoms with Crippen molar-refractivity contribution in [3.8, 4) is 0 Å². The minimum Gasteiger partial charge on any atom is -0.461 e. The average Bonchev–Trinajstić information content (AvgIpc) is 2.22. The summed E-state index contributed by atoms with van der Waals surface area (Å²) in [5, 5.41) is -0.209. The number of rotatable bonds is 1. The molecule has 0 amide bonds. The molecule has 1 aliphatic rings. The van der Waals surface area contributed by atoms with Crippen molar-refractivity contribution in [3.63, 3.8) is 0 Å². The highest BCUT2D eigenvalue weighted by Crippen LogP contribution is 2.36. The van der Waals surface area contributed by atoms with E-state index in [-0.39, 0.29) is 17.5 Å². The van der Waals surface area contributed by atoms with Crippen molar-refractivity contribution < 1.29 is 9.53 Å². The third-order valence-corrected chi connectivity index (χ3v) is 3.21. The zero-order valence-electron chi connectivity index (χ0n) is 8.57. The molecule has 0 saturated carbocycles. The van der Waals surface area contributed by atoms with E-state index in [1.807, 2.05) is 18.2 Å². The Bertz CT molecular complexity index is 376. The van der Waals surface area contributed by atoms with Gasteiger partial charge in [0.1, 0.15) is 6.10 Å². The fourth-order valence-corrected chi connectivity index (χ4v) is 2.40. The highest BCUT2D eigenvalue weighted by Gasteiger charge is 2.29. The van der Waals surface area contributed by atoms with Crippen LogP contribution >= 0.6 is 11.6 Å². The largest absolute Gasteiger partial charge is 0.461 e. The molecule has 80 valence electrons. The van der Waals surface area contributed by atoms with Gasteiger partial charge in [-0.3, -0.25) is 4.79 Å². The lowest BCUT2D eigenvalue weighted by molar-refractivity contribution is -0.147. The van der Waals surface area contributed by atoms with E-state index >= 15 is 0 Å². The molecule has 2 nitrogen and oxygen atoms in total. The van der Waals surface area contributed by atoms with Crippen molar-refractivity contribution in [1.29, 1.82) is 0 Å². The van der Waals surface area contributed by atoms with Gasteiger partial charge >= 0.3 is 5.97 Å². The summed E-state index contributed by atoms with van der Waals surface area (Å²) in [5.74, 6) is -0.259. The predicted molar refractivity (Wildman–Crippen MR) is 58.9 cm³/mol. The number of fused-ring (bicyclic) bond motifs is 1. The summed E-state index contributed by atoms with van der Waals surface area (Å²) in [6.45, 7) is 1.42. The molecule has 0 heterocycles. The molecule has 0 saturated heterocycles. The number of ether oxygens (including phenoxy) is 1. The van der Waals surface area contributed by atoms with Crippen LogP contribution in [0.25, 0.3) is 0 Å². The predicted octanol–water partition coefficient (Wildman–Crippen LogP) is 2.84. The number of esters is 1. The van der Waals surface area contributed by atoms with Crippen LogP contribution in [0.4, 0.5) is 0 Å². The molecule has 1 aliphatic carbocycles. The van der Waals surface area contributed by atoms with E-state index in [0.29, 0.717) is 0 Å². The monoisotopic (exact) mass is 224 g/mol. The molecule has 0 bridgehead atoms. The van der Waals surface area contributed by atoms with Crippen molar-refractivity contribution in [1.82, 2.24) is 0 Å². The van der Waals surface area contributed by atoms with E-state index in [4.69, 9.17) is 16.3 Å². The number of hydrogen-bond acceptors (Lipinski definition) is 2. The van der Waals surface area contributed by atoms with Crippen molar-refractivity contribution in [3.05, 3.63) is 35.4 Å². The zero-order chi connectivity index (χ0) is 10.8. The van der Waals surface area contributed by atoms with Crippen molar-refractivity contribution in [2.75, 3.05) is 0 Å². The molecule has 0 aromatic heterocycles. The maximum Gasteiger partial charge on any atom is 0.302 e. The van der Waals surface area contributed by atoms with Gasteiger partial charge < -0.3 is 4.74 Å². The molecule has 0 fully saturated rings. The molecule has 0 unspecified atom stereocenters. The highest BCUT2D eigenvalue weighted by atomic mass is 35.5. The van der Waals surface area contributed by atoms with Crippen molar-refractivity contribution >= 4 is 17.6 Å². The van der Waals surface area contributed by atoms with Gasteiger partial charge in [-0.15, -0.1) is 11.6 Å². The lowest BCUT2D eigenvalue weighted by Crippen LogP contribution is -2.26. The summed E-state index contributed by atoms with van der Waals surface area (Å²) in [6.07, 6.45) is 1.56. The van der Waals surface area contributed by atoms with Crippen molar-refractivity contribution in [2.24, 2.45) is 0 Å². The molecule has 0 radical (unpaired) electrons. The highest BCUT2D eigenvalue weighted by molar-refractivity contribution is 6.21. The molecule has 1 aromatic carbocycles. The SMILES string of the molecule is CC(=O)O[C@H]1CCc2ccccc2[C@@H]1Cl. The van der Waals surface area contributed by atoms with Crippen LogP contribution < -0.4 is 0 Å². The molecule has 2 atom stereocenters. The molecular formula is C12H13ClO2. The first-order chi connectivity index (χ1) is 7.18. The van der Waals surface area contributed by atoms with Crippen LogP contribution in [0.3, 0.4) is 0 Å². The Hall–Kier alpha value is -1.02. The second-order valence-corrected chi connectivity index (χ2v) is 4.26. The number of alkyl halides is 1. The number of carbonyl (C=O) groups is 1. The average molecular weight is 225 g/mol. The molecule has 2 rings (SSSR count). The zero-order valence-corrected chi connectivity index (χ0v) is 9.33. The summed E-state index contributed by atoms with van der Waals surface area (Å²) in [5.41, 5.74) is 2.36. The second-order valence-electron chi connectivity index (χ2n) is 3.79. The van der Waals surface area contributed by atoms with Crippen molar-refractivity contribution in [2.45, 2.75) is 31.2 Å². The van der Waals surface area contributed by atoms with Gasteiger partial charge in [-0.1, -0.05) is 24.3 Å². The number of halogens is 1. The Morgan fingerprint density at radius 3 is 2.93 bits per heavy atom. The Morgan fingerprint density at radius 1 is 1.47 bits per heavy atom. The summed E-state index contributed by atoms with van der Waals surface area (Å²) < 4.78 is 5.19. The first-order valence-corrected chi connectivity index (χ1v) is 5.51. The standard InChI is InChI=1S/C12H13ClO2/c1-8(14)15-11-7-6-9-4-2-3-5-10(9)12(11)13/h2-5,11-12H,6-7H2,1H3/t11-,12-/m0/s1. The maximum atomic E-state index is 10.9. The number of aryl methyl sites for hydroxylation is 1. The minimum absolute atomic E-state index is 0.181. The third kappa shape index (κ3) is 2.15. The normalized spacial score (nSPS) is 24.4. The quantitative estimate of drug-likeness (QED) is 0.542. The van der Waals surface area contributed by atoms with E-state index in [1.165, 1.54) is 12.5 Å². The van der Waals surface area contributed by atoms with E-state index in [2.05, 4.69) is 6.07 Å². The van der Waals surface area contributed by atoms with Gasteiger partial charge in [0.25, 0.3) is 0 Å². The van der Waals surface area contributed by atoms with Gasteiger partial charge in [0.2, 0.25) is 0 Å². The molecular weight excluding hydrogens is 212 g/mol. The Kier molecular flexibility index (Phi) is 2.96. The van der Waals surface area contributed by atoms with E-state index in [1.54, 1.807) is 0 Å². The van der Waals surface area contributed by atoms with Crippen LogP contribution in [0.5, 0.6) is 0 Å². The van der Waals surface area contributed by atoms with Crippen LogP contribution in [0, 0.1) is 0 Å². The molecule has 1 aromatic rings. The van der Waals surface area contributed by atoms with Gasteiger partial charge in [-0.25, -0.2) is 0 Å². The van der Waals surface area contributed by atoms with Crippen LogP contribution in [0.1, 0.15) is 29.8 Å². The molecule has 15 heavy (non-hydrogen) atoms. The van der Waals surface area contributed by atoms with E-state index < -0.39 is 0 Å². The van der Waals surface area contributed by atoms with Gasteiger partial charge in [0.15, 0.2) is 0 Å². The topological polar surface area (TPSA) is 26.3 Å². The summed E-state index contributed by atoms with van der Waals surface area (Å²) in [6, 6.07) is 8.05. The van der Waals surface area contributed by atoms with Crippen LogP contribution in [-0.4, -0.2) is 12.1 Å². The first kappa shape index (κ1) is 10.5. The van der Waals surface area contributed by atoms with Gasteiger partial charge in [0, 0.05) is 6.92 Å².